The van der Waals surface area contributed by atoms with Crippen molar-refractivity contribution in [1.82, 2.24) is 10.6 Å². The van der Waals surface area contributed by atoms with Gasteiger partial charge in [-0.25, -0.2) is 4.99 Å². The van der Waals surface area contributed by atoms with Crippen molar-refractivity contribution in [2.24, 2.45) is 4.99 Å². The van der Waals surface area contributed by atoms with E-state index in [0.29, 0.717) is 19.0 Å². The van der Waals surface area contributed by atoms with Gasteiger partial charge < -0.3 is 10.6 Å². The van der Waals surface area contributed by atoms with Gasteiger partial charge in [0.25, 0.3) is 0 Å². The van der Waals surface area contributed by atoms with Crippen LogP contribution in [0.25, 0.3) is 0 Å². The molecule has 21 heavy (non-hydrogen) atoms. The van der Waals surface area contributed by atoms with Gasteiger partial charge in [0.1, 0.15) is 0 Å². The molecule has 0 amide bonds. The van der Waals surface area contributed by atoms with Gasteiger partial charge in [-0.15, -0.1) is 35.3 Å². The maximum Gasteiger partial charge on any atom is 0.390 e. The quantitative estimate of drug-likeness (QED) is 0.404. The van der Waals surface area contributed by atoms with E-state index in [4.69, 9.17) is 0 Å². The predicted octanol–water partition coefficient (Wildman–Crippen LogP) is 3.94. The zero-order chi connectivity index (χ0) is 15.0. The number of alkyl halides is 3. The van der Waals surface area contributed by atoms with Crippen molar-refractivity contribution in [1.29, 1.82) is 0 Å². The fraction of sp³-hybridized carbons (Fsp3) is 0.615. The molecule has 0 fully saturated rings. The first-order valence-corrected chi connectivity index (χ1v) is 7.42. The molecular weight excluding hydrogens is 414 g/mol. The van der Waals surface area contributed by atoms with Crippen LogP contribution >= 0.6 is 35.3 Å². The molecule has 122 valence electrons. The van der Waals surface area contributed by atoms with Gasteiger partial charge in [-0.3, -0.25) is 0 Å². The number of guanidine groups is 1. The van der Waals surface area contributed by atoms with Crippen molar-refractivity contribution in [3.63, 3.8) is 0 Å². The van der Waals surface area contributed by atoms with Crippen LogP contribution in [-0.4, -0.2) is 25.2 Å². The number of hydrogen-bond donors (Lipinski definition) is 2. The van der Waals surface area contributed by atoms with Gasteiger partial charge in [0.05, 0.1) is 13.0 Å². The third-order valence-electron chi connectivity index (χ3n) is 2.50. The van der Waals surface area contributed by atoms with Gasteiger partial charge in [-0.05, 0) is 25.5 Å². The van der Waals surface area contributed by atoms with Gasteiger partial charge in [0, 0.05) is 22.8 Å². The minimum absolute atomic E-state index is 0. The molecule has 0 bridgehead atoms. The Morgan fingerprint density at radius 3 is 2.38 bits per heavy atom. The van der Waals surface area contributed by atoms with Crippen LogP contribution in [0.5, 0.6) is 0 Å². The molecule has 0 aromatic carbocycles. The van der Waals surface area contributed by atoms with Crippen LogP contribution in [0.1, 0.15) is 30.0 Å². The van der Waals surface area contributed by atoms with E-state index >= 15 is 0 Å². The van der Waals surface area contributed by atoms with E-state index in [1.807, 2.05) is 13.0 Å². The van der Waals surface area contributed by atoms with E-state index in [1.54, 1.807) is 11.3 Å². The number of nitrogens with one attached hydrogen (secondary N) is 2. The van der Waals surface area contributed by atoms with Crippen LogP contribution in [0.15, 0.2) is 17.1 Å². The zero-order valence-corrected chi connectivity index (χ0v) is 15.2. The molecule has 0 atom stereocenters. The van der Waals surface area contributed by atoms with Gasteiger partial charge in [-0.2, -0.15) is 13.2 Å². The summed E-state index contributed by atoms with van der Waals surface area (Å²) < 4.78 is 36.3. The highest BCUT2D eigenvalue weighted by Crippen LogP contribution is 2.18. The number of halogens is 4. The molecule has 8 heteroatoms. The lowest BCUT2D eigenvalue weighted by Gasteiger charge is -2.12. The van der Waals surface area contributed by atoms with Gasteiger partial charge >= 0.3 is 6.18 Å². The summed E-state index contributed by atoms with van der Waals surface area (Å²) in [5, 5.41) is 5.63. The molecule has 0 radical (unpaired) electrons. The van der Waals surface area contributed by atoms with Crippen LogP contribution in [0.4, 0.5) is 13.2 Å². The average molecular weight is 435 g/mol. The van der Waals surface area contributed by atoms with E-state index in [0.717, 1.165) is 11.3 Å². The molecule has 1 heterocycles. The van der Waals surface area contributed by atoms with Gasteiger partial charge in [0.2, 0.25) is 0 Å². The van der Waals surface area contributed by atoms with Crippen molar-refractivity contribution in [2.45, 2.75) is 39.4 Å². The highest BCUT2D eigenvalue weighted by Gasteiger charge is 2.26. The SMILES string of the molecule is CCNC(=NCc1ccc(CC)s1)NCCC(F)(F)F.I. The van der Waals surface area contributed by atoms with Crippen molar-refractivity contribution >= 4 is 41.3 Å². The Morgan fingerprint density at radius 1 is 1.19 bits per heavy atom. The number of hydrogen-bond acceptors (Lipinski definition) is 2. The molecule has 0 spiro atoms. The van der Waals surface area contributed by atoms with Crippen LogP contribution in [-0.2, 0) is 13.0 Å². The minimum Gasteiger partial charge on any atom is -0.357 e. The summed E-state index contributed by atoms with van der Waals surface area (Å²) in [6, 6.07) is 4.06. The Kier molecular flexibility index (Phi) is 10.0. The summed E-state index contributed by atoms with van der Waals surface area (Å²) in [7, 11) is 0. The monoisotopic (exact) mass is 435 g/mol. The Labute approximate surface area is 144 Å². The first-order chi connectivity index (χ1) is 9.44. The highest BCUT2D eigenvalue weighted by atomic mass is 127. The number of aliphatic imine (C=N–C) groups is 1. The molecule has 0 saturated heterocycles. The minimum atomic E-state index is -4.14. The largest absolute Gasteiger partial charge is 0.390 e. The fourth-order valence-electron chi connectivity index (χ4n) is 1.52. The third-order valence-corrected chi connectivity index (χ3v) is 3.72. The Balaban J connectivity index is 0.00000400. The molecule has 0 aliphatic heterocycles. The first-order valence-electron chi connectivity index (χ1n) is 6.61. The summed E-state index contributed by atoms with van der Waals surface area (Å²) in [5.41, 5.74) is 0. The average Bonchev–Trinajstić information content (AvgIpc) is 2.82. The lowest BCUT2D eigenvalue weighted by Crippen LogP contribution is -2.38. The van der Waals surface area contributed by atoms with Crippen LogP contribution in [0, 0.1) is 0 Å². The molecule has 0 aliphatic rings. The third kappa shape index (κ3) is 9.18. The highest BCUT2D eigenvalue weighted by molar-refractivity contribution is 14.0. The molecule has 1 aromatic rings. The van der Waals surface area contributed by atoms with Crippen LogP contribution < -0.4 is 10.6 Å². The molecule has 2 N–H and O–H groups in total. The Bertz CT molecular complexity index is 433. The van der Waals surface area contributed by atoms with E-state index in [2.05, 4.69) is 28.6 Å². The molecule has 0 saturated carbocycles. The van der Waals surface area contributed by atoms with E-state index in [1.165, 1.54) is 4.88 Å². The van der Waals surface area contributed by atoms with E-state index in [9.17, 15) is 13.2 Å². The van der Waals surface area contributed by atoms with Crippen molar-refractivity contribution in [3.05, 3.63) is 21.9 Å². The number of rotatable bonds is 6. The number of nitrogens with zero attached hydrogens (tertiary/aromatic N) is 1. The van der Waals surface area contributed by atoms with Crippen molar-refractivity contribution < 1.29 is 13.2 Å². The standard InChI is InChI=1S/C13H20F3N3S.HI/c1-3-10-5-6-11(20-10)9-19-12(17-4-2)18-8-7-13(14,15)16;/h5-6H,3-4,7-9H2,1-2H3,(H2,17,18,19);1H. The molecule has 0 aliphatic carbocycles. The second-order valence-corrected chi connectivity index (χ2v) is 5.46. The van der Waals surface area contributed by atoms with Crippen molar-refractivity contribution in [2.75, 3.05) is 13.1 Å². The van der Waals surface area contributed by atoms with Crippen LogP contribution in [0.2, 0.25) is 0 Å². The molecule has 0 unspecified atom stereocenters. The zero-order valence-electron chi connectivity index (χ0n) is 12.1. The summed E-state index contributed by atoms with van der Waals surface area (Å²) in [6.45, 7) is 4.89. The van der Waals surface area contributed by atoms with Crippen LogP contribution in [0.3, 0.4) is 0 Å². The molecule has 1 aromatic heterocycles. The molecular formula is C13H21F3IN3S. The smallest absolute Gasteiger partial charge is 0.357 e. The lowest BCUT2D eigenvalue weighted by atomic mass is 10.4. The normalized spacial score (nSPS) is 12.0. The molecule has 3 nitrogen and oxygen atoms in total. The summed E-state index contributed by atoms with van der Waals surface area (Å²) in [6.07, 6.45) is -4.03. The Morgan fingerprint density at radius 2 is 1.86 bits per heavy atom. The topological polar surface area (TPSA) is 36.4 Å². The second kappa shape index (κ2) is 10.3. The maximum atomic E-state index is 12.1. The summed E-state index contributed by atoms with van der Waals surface area (Å²) >= 11 is 1.68. The maximum absolute atomic E-state index is 12.1. The van der Waals surface area contributed by atoms with Crippen molar-refractivity contribution in [3.8, 4) is 0 Å². The Hall–Kier alpha value is -0.510. The number of thiophene rings is 1. The second-order valence-electron chi connectivity index (χ2n) is 4.21. The molecule has 1 rings (SSSR count). The lowest BCUT2D eigenvalue weighted by molar-refractivity contribution is -0.132. The fourth-order valence-corrected chi connectivity index (χ4v) is 2.40. The first kappa shape index (κ1) is 20.5. The predicted molar refractivity (Wildman–Crippen MR) is 92.6 cm³/mol. The van der Waals surface area contributed by atoms with Gasteiger partial charge in [-0.1, -0.05) is 6.92 Å². The summed E-state index contributed by atoms with van der Waals surface area (Å²) in [5.74, 6) is 0.420. The van der Waals surface area contributed by atoms with Gasteiger partial charge in [0.15, 0.2) is 5.96 Å². The summed E-state index contributed by atoms with van der Waals surface area (Å²) in [4.78, 5) is 6.68. The van der Waals surface area contributed by atoms with E-state index in [-0.39, 0.29) is 30.5 Å². The number of aryl methyl sites for hydroxylation is 1. The van der Waals surface area contributed by atoms with E-state index < -0.39 is 12.6 Å².